The molecule has 1 amide bonds. The summed E-state index contributed by atoms with van der Waals surface area (Å²) >= 11 is 0. The lowest BCUT2D eigenvalue weighted by molar-refractivity contribution is -0.129. The number of carbonyl (C=O) groups is 1. The first kappa shape index (κ1) is 22.6. The number of hydrogen-bond acceptors (Lipinski definition) is 5. The molecule has 1 saturated heterocycles. The summed E-state index contributed by atoms with van der Waals surface area (Å²) in [5.74, 6) is 1.73. The number of hydrogen-bond donors (Lipinski definition) is 1. The third kappa shape index (κ3) is 5.60. The van der Waals surface area contributed by atoms with Gasteiger partial charge in [-0.15, -0.1) is 0 Å². The molecular formula is C26H35N3O3. The van der Waals surface area contributed by atoms with Crippen molar-refractivity contribution in [2.24, 2.45) is 5.41 Å². The smallest absolute Gasteiger partial charge is 0.225 e. The molecule has 1 N–H and O–H groups in total. The summed E-state index contributed by atoms with van der Waals surface area (Å²) in [7, 11) is 0. The number of benzene rings is 1. The Bertz CT molecular complexity index is 910. The van der Waals surface area contributed by atoms with Crippen molar-refractivity contribution in [3.63, 3.8) is 0 Å². The van der Waals surface area contributed by atoms with Crippen LogP contribution < -0.4 is 14.8 Å². The zero-order chi connectivity index (χ0) is 22.6. The van der Waals surface area contributed by atoms with Crippen LogP contribution in [-0.4, -0.2) is 41.6 Å². The normalized spacial score (nSPS) is 19.9. The molecule has 4 rings (SSSR count). The van der Waals surface area contributed by atoms with E-state index < -0.39 is 5.41 Å². The molecule has 172 valence electrons. The molecule has 2 atom stereocenters. The first-order valence-corrected chi connectivity index (χ1v) is 11.7. The van der Waals surface area contributed by atoms with Crippen LogP contribution in [0.3, 0.4) is 0 Å². The highest BCUT2D eigenvalue weighted by atomic mass is 16.6. The molecule has 0 bridgehead atoms. The van der Waals surface area contributed by atoms with Crippen molar-refractivity contribution < 1.29 is 14.3 Å². The predicted molar refractivity (Wildman–Crippen MR) is 125 cm³/mol. The Labute approximate surface area is 191 Å². The number of carbonyl (C=O) groups excluding carboxylic acids is 1. The van der Waals surface area contributed by atoms with Gasteiger partial charge in [0.15, 0.2) is 11.5 Å². The topological polar surface area (TPSA) is 63.7 Å². The van der Waals surface area contributed by atoms with Crippen LogP contribution in [0.2, 0.25) is 0 Å². The van der Waals surface area contributed by atoms with E-state index in [0.717, 1.165) is 43.1 Å². The van der Waals surface area contributed by atoms with Gasteiger partial charge in [-0.05, 0) is 55.6 Å². The molecule has 1 aromatic carbocycles. The van der Waals surface area contributed by atoms with E-state index >= 15 is 0 Å². The molecule has 0 spiro atoms. The lowest BCUT2D eigenvalue weighted by atomic mass is 9.91. The summed E-state index contributed by atoms with van der Waals surface area (Å²) in [5.41, 5.74) is 1.72. The summed E-state index contributed by atoms with van der Waals surface area (Å²) < 4.78 is 11.4. The molecular weight excluding hydrogens is 402 g/mol. The molecule has 6 heteroatoms. The first-order valence-electron chi connectivity index (χ1n) is 11.7. The van der Waals surface area contributed by atoms with E-state index in [9.17, 15) is 4.79 Å². The number of amides is 1. The Balaban J connectivity index is 1.50. The van der Waals surface area contributed by atoms with E-state index in [-0.39, 0.29) is 11.9 Å². The molecule has 1 fully saturated rings. The van der Waals surface area contributed by atoms with Crippen molar-refractivity contribution in [1.82, 2.24) is 15.2 Å². The number of pyridine rings is 1. The second-order valence-corrected chi connectivity index (χ2v) is 9.86. The fourth-order valence-corrected chi connectivity index (χ4v) is 4.44. The monoisotopic (exact) mass is 437 g/mol. The second-order valence-electron chi connectivity index (χ2n) is 9.86. The van der Waals surface area contributed by atoms with Crippen LogP contribution in [0.15, 0.2) is 42.6 Å². The van der Waals surface area contributed by atoms with Crippen molar-refractivity contribution in [3.8, 4) is 11.5 Å². The van der Waals surface area contributed by atoms with Crippen molar-refractivity contribution >= 4 is 5.91 Å². The minimum absolute atomic E-state index is 0.0577. The van der Waals surface area contributed by atoms with E-state index in [0.29, 0.717) is 19.3 Å². The fraction of sp³-hybridized carbons (Fsp3) is 0.538. The lowest BCUT2D eigenvalue weighted by Crippen LogP contribution is -2.44. The van der Waals surface area contributed by atoms with Crippen LogP contribution >= 0.6 is 0 Å². The van der Waals surface area contributed by atoms with Crippen molar-refractivity contribution in [1.29, 1.82) is 0 Å². The fourth-order valence-electron chi connectivity index (χ4n) is 4.44. The summed E-state index contributed by atoms with van der Waals surface area (Å²) in [5, 5.41) is 3.28. The van der Waals surface area contributed by atoms with Gasteiger partial charge in [0.25, 0.3) is 0 Å². The van der Waals surface area contributed by atoms with Crippen LogP contribution in [-0.2, 0) is 11.3 Å². The minimum Gasteiger partial charge on any atom is -0.486 e. The van der Waals surface area contributed by atoms with E-state index in [1.165, 1.54) is 18.4 Å². The van der Waals surface area contributed by atoms with E-state index in [4.69, 9.17) is 9.47 Å². The molecule has 1 aromatic heterocycles. The van der Waals surface area contributed by atoms with Crippen LogP contribution in [0, 0.1) is 5.41 Å². The first-order chi connectivity index (χ1) is 15.4. The predicted octanol–water partition coefficient (Wildman–Crippen LogP) is 4.50. The van der Waals surface area contributed by atoms with Gasteiger partial charge in [0, 0.05) is 24.2 Å². The third-order valence-electron chi connectivity index (χ3n) is 6.28. The van der Waals surface area contributed by atoms with Gasteiger partial charge in [-0.2, -0.15) is 0 Å². The quantitative estimate of drug-likeness (QED) is 0.721. The number of nitrogens with one attached hydrogen (secondary N) is 1. The van der Waals surface area contributed by atoms with Gasteiger partial charge in [-0.25, -0.2) is 0 Å². The average Bonchev–Trinajstić information content (AvgIpc) is 2.79. The Morgan fingerprint density at radius 3 is 2.72 bits per heavy atom. The maximum Gasteiger partial charge on any atom is 0.225 e. The zero-order valence-electron chi connectivity index (χ0n) is 19.5. The average molecular weight is 438 g/mol. The molecule has 0 saturated carbocycles. The van der Waals surface area contributed by atoms with Crippen molar-refractivity contribution in [3.05, 3.63) is 53.9 Å². The Morgan fingerprint density at radius 2 is 1.97 bits per heavy atom. The molecule has 6 nitrogen and oxygen atoms in total. The van der Waals surface area contributed by atoms with Gasteiger partial charge in [0.2, 0.25) is 5.91 Å². The number of likely N-dealkylation sites (tertiary alicyclic amines) is 1. The van der Waals surface area contributed by atoms with Gasteiger partial charge in [-0.3, -0.25) is 14.7 Å². The summed E-state index contributed by atoms with van der Waals surface area (Å²) in [6.07, 6.45) is 6.19. The number of fused-ring (bicyclic) bond motifs is 1. The summed E-state index contributed by atoms with van der Waals surface area (Å²) in [4.78, 5) is 19.9. The van der Waals surface area contributed by atoms with E-state index in [1.54, 1.807) is 6.20 Å². The van der Waals surface area contributed by atoms with Crippen LogP contribution in [0.5, 0.6) is 11.5 Å². The molecule has 0 radical (unpaired) electrons. The van der Waals surface area contributed by atoms with Crippen molar-refractivity contribution in [2.75, 3.05) is 19.8 Å². The Morgan fingerprint density at radius 1 is 1.16 bits per heavy atom. The SMILES string of the molecule is CC(C)(C)C(=O)N[C@@H](C[C@@H]1CCCCN1Cc1ccc2c(c1)OCCO2)c1ccccn1. The summed E-state index contributed by atoms with van der Waals surface area (Å²) in [6.45, 7) is 8.98. The van der Waals surface area contributed by atoms with Crippen LogP contribution in [0.4, 0.5) is 0 Å². The number of ether oxygens (including phenoxy) is 2. The molecule has 2 aliphatic heterocycles. The maximum atomic E-state index is 12.8. The largest absolute Gasteiger partial charge is 0.486 e. The Kier molecular flexibility index (Phi) is 6.99. The highest BCUT2D eigenvalue weighted by molar-refractivity contribution is 5.81. The maximum absolute atomic E-state index is 12.8. The standard InChI is InChI=1S/C26H35N3O3/c1-26(2,3)25(30)28-22(21-9-4-6-12-27-21)17-20-8-5-7-13-29(20)18-19-10-11-23-24(16-19)32-15-14-31-23/h4,6,9-12,16,20,22H,5,7-8,13-15,17-18H2,1-3H3,(H,28,30)/t20-,22-/m0/s1. The molecule has 32 heavy (non-hydrogen) atoms. The molecule has 2 aromatic rings. The van der Waals surface area contributed by atoms with Gasteiger partial charge in [0.1, 0.15) is 13.2 Å². The number of nitrogens with zero attached hydrogens (tertiary/aromatic N) is 2. The molecule has 0 aliphatic carbocycles. The highest BCUT2D eigenvalue weighted by Crippen LogP contribution is 2.33. The van der Waals surface area contributed by atoms with Crippen LogP contribution in [0.1, 0.15) is 63.8 Å². The number of aromatic nitrogens is 1. The van der Waals surface area contributed by atoms with Gasteiger partial charge in [0.05, 0.1) is 11.7 Å². The second kappa shape index (κ2) is 9.90. The highest BCUT2D eigenvalue weighted by Gasteiger charge is 2.30. The number of piperidine rings is 1. The van der Waals surface area contributed by atoms with E-state index in [2.05, 4.69) is 27.3 Å². The number of rotatable bonds is 6. The molecule has 3 heterocycles. The van der Waals surface area contributed by atoms with E-state index in [1.807, 2.05) is 45.0 Å². The minimum atomic E-state index is -0.440. The summed E-state index contributed by atoms with van der Waals surface area (Å²) in [6, 6.07) is 12.5. The lowest BCUT2D eigenvalue weighted by Gasteiger charge is -2.38. The van der Waals surface area contributed by atoms with Crippen LogP contribution in [0.25, 0.3) is 0 Å². The van der Waals surface area contributed by atoms with Crippen molar-refractivity contribution in [2.45, 2.75) is 65.1 Å². The zero-order valence-corrected chi connectivity index (χ0v) is 19.5. The Hall–Kier alpha value is -2.60. The van der Waals surface area contributed by atoms with Gasteiger partial charge < -0.3 is 14.8 Å². The third-order valence-corrected chi connectivity index (χ3v) is 6.28. The van der Waals surface area contributed by atoms with Gasteiger partial charge in [-0.1, -0.05) is 39.3 Å². The molecule has 0 unspecified atom stereocenters. The van der Waals surface area contributed by atoms with Gasteiger partial charge >= 0.3 is 0 Å². The molecule has 2 aliphatic rings.